The molecule has 5 heteroatoms. The highest BCUT2D eigenvalue weighted by molar-refractivity contribution is 14.1. The lowest BCUT2D eigenvalue weighted by Crippen LogP contribution is -2.25. The van der Waals surface area contributed by atoms with Crippen LogP contribution in [0.25, 0.3) is 11.1 Å². The minimum absolute atomic E-state index is 0.281. The molecule has 2 fully saturated rings. The predicted octanol–water partition coefficient (Wildman–Crippen LogP) is 10.00. The molecule has 0 radical (unpaired) electrons. The average Bonchev–Trinajstić information content (AvgIpc) is 2.79. The van der Waals surface area contributed by atoms with Gasteiger partial charge in [-0.3, -0.25) is 0 Å². The molecule has 2 aromatic carbocycles. The number of alkyl halides is 3. The van der Waals surface area contributed by atoms with E-state index in [1.165, 1.54) is 69.8 Å². The lowest BCUT2D eigenvalue weighted by atomic mass is 9.68. The summed E-state index contributed by atoms with van der Waals surface area (Å²) in [6.07, 6.45) is 13.3. The molecule has 2 aliphatic rings. The van der Waals surface area contributed by atoms with Crippen molar-refractivity contribution in [3.63, 3.8) is 0 Å². The predicted molar refractivity (Wildman–Crippen MR) is 135 cm³/mol. The van der Waals surface area contributed by atoms with Crippen molar-refractivity contribution in [1.29, 1.82) is 0 Å². The SMILES string of the molecule is CCCC1CCC(C2CCC(c3ccc(-c4cc(F)c(C(F)(F)I)c(F)c4)cc3)CC2)CC1. The van der Waals surface area contributed by atoms with Gasteiger partial charge in [-0.1, -0.05) is 56.9 Å². The third-order valence-corrected chi connectivity index (χ3v) is 8.61. The van der Waals surface area contributed by atoms with Gasteiger partial charge in [0.1, 0.15) is 17.2 Å². The van der Waals surface area contributed by atoms with Gasteiger partial charge in [-0.15, -0.1) is 0 Å². The van der Waals surface area contributed by atoms with E-state index in [9.17, 15) is 17.6 Å². The van der Waals surface area contributed by atoms with Crippen LogP contribution in [-0.2, 0) is 3.93 Å². The summed E-state index contributed by atoms with van der Waals surface area (Å²) >= 11 is 0.755. The second kappa shape index (κ2) is 10.7. The lowest BCUT2D eigenvalue weighted by molar-refractivity contribution is 0.117. The summed E-state index contributed by atoms with van der Waals surface area (Å²) < 4.78 is 51.7. The van der Waals surface area contributed by atoms with E-state index in [0.29, 0.717) is 11.5 Å². The summed E-state index contributed by atoms with van der Waals surface area (Å²) in [7, 11) is 0. The third kappa shape index (κ3) is 5.94. The summed E-state index contributed by atoms with van der Waals surface area (Å²) in [5.74, 6) is 0.830. The van der Waals surface area contributed by atoms with Crippen molar-refractivity contribution < 1.29 is 17.6 Å². The van der Waals surface area contributed by atoms with Crippen molar-refractivity contribution in [2.24, 2.45) is 17.8 Å². The molecule has 0 nitrogen and oxygen atoms in total. The van der Waals surface area contributed by atoms with Gasteiger partial charge < -0.3 is 0 Å². The van der Waals surface area contributed by atoms with E-state index < -0.39 is 21.1 Å². The van der Waals surface area contributed by atoms with Crippen molar-refractivity contribution >= 4 is 22.6 Å². The van der Waals surface area contributed by atoms with Crippen LogP contribution in [0.2, 0.25) is 0 Å². The van der Waals surface area contributed by atoms with Crippen LogP contribution in [0.15, 0.2) is 36.4 Å². The minimum Gasteiger partial charge on any atom is -0.206 e. The third-order valence-electron chi connectivity index (χ3n) is 8.07. The lowest BCUT2D eigenvalue weighted by Gasteiger charge is -2.38. The Hall–Kier alpha value is -1.11. The van der Waals surface area contributed by atoms with Gasteiger partial charge in [0.2, 0.25) is 0 Å². The monoisotopic (exact) mass is 572 g/mol. The van der Waals surface area contributed by atoms with E-state index >= 15 is 0 Å². The molecule has 0 aliphatic heterocycles. The fourth-order valence-corrected chi connectivity index (χ4v) is 6.75. The Bertz CT molecular complexity index is 895. The van der Waals surface area contributed by atoms with Gasteiger partial charge in [0, 0.05) is 22.6 Å². The molecule has 0 spiro atoms. The molecule has 0 heterocycles. The standard InChI is InChI=1S/C28H33F4I/c1-2-3-18-4-6-19(7-5-18)20-8-10-21(11-9-20)22-12-14-23(15-13-22)24-16-25(29)27(26(30)17-24)28(31,32)33/h12-21H,2-11H2,1H3. The Morgan fingerprint density at radius 1 is 0.788 bits per heavy atom. The fourth-order valence-electron chi connectivity index (χ4n) is 6.24. The first-order chi connectivity index (χ1) is 15.8. The highest BCUT2D eigenvalue weighted by atomic mass is 127. The number of rotatable bonds is 6. The van der Waals surface area contributed by atoms with Gasteiger partial charge in [0.05, 0.1) is 0 Å². The Kier molecular flexibility index (Phi) is 8.07. The Labute approximate surface area is 208 Å². The zero-order chi connectivity index (χ0) is 23.6. The molecule has 4 rings (SSSR count). The molecule has 2 aliphatic carbocycles. The molecule has 0 amide bonds. The molecular weight excluding hydrogens is 539 g/mol. The molecule has 0 atom stereocenters. The average molecular weight is 572 g/mol. The number of halogens is 5. The molecule has 0 bridgehead atoms. The highest BCUT2D eigenvalue weighted by Crippen LogP contribution is 2.45. The van der Waals surface area contributed by atoms with Gasteiger partial charge in [-0.05, 0) is 91.0 Å². The maximum Gasteiger partial charge on any atom is 0.327 e. The molecule has 180 valence electrons. The Morgan fingerprint density at radius 3 is 1.79 bits per heavy atom. The van der Waals surface area contributed by atoms with Crippen molar-refractivity contribution in [3.8, 4) is 11.1 Å². The fraction of sp³-hybridized carbons (Fsp3) is 0.571. The first-order valence-corrected chi connectivity index (χ1v) is 13.5. The van der Waals surface area contributed by atoms with E-state index in [1.807, 2.05) is 24.3 Å². The minimum atomic E-state index is -3.58. The van der Waals surface area contributed by atoms with Gasteiger partial charge >= 0.3 is 3.93 Å². The molecule has 0 unspecified atom stereocenters. The topological polar surface area (TPSA) is 0 Å². The van der Waals surface area contributed by atoms with Crippen LogP contribution in [0, 0.1) is 29.4 Å². The maximum atomic E-state index is 14.2. The van der Waals surface area contributed by atoms with Crippen LogP contribution in [0.5, 0.6) is 0 Å². The van der Waals surface area contributed by atoms with E-state index in [4.69, 9.17) is 0 Å². The molecule has 0 saturated heterocycles. The largest absolute Gasteiger partial charge is 0.327 e. The highest BCUT2D eigenvalue weighted by Gasteiger charge is 2.35. The van der Waals surface area contributed by atoms with Gasteiger partial charge in [-0.2, -0.15) is 8.78 Å². The Balaban J connectivity index is 1.36. The zero-order valence-electron chi connectivity index (χ0n) is 19.2. The van der Waals surface area contributed by atoms with Crippen molar-refractivity contribution in [3.05, 3.63) is 59.2 Å². The van der Waals surface area contributed by atoms with Crippen molar-refractivity contribution in [1.82, 2.24) is 0 Å². The molecule has 0 aromatic heterocycles. The number of benzene rings is 2. The van der Waals surface area contributed by atoms with Gasteiger partial charge in [0.25, 0.3) is 0 Å². The van der Waals surface area contributed by atoms with Crippen LogP contribution >= 0.6 is 22.6 Å². The van der Waals surface area contributed by atoms with E-state index in [-0.39, 0.29) is 5.56 Å². The molecule has 2 saturated carbocycles. The summed E-state index contributed by atoms with van der Waals surface area (Å²) in [4.78, 5) is 0. The zero-order valence-corrected chi connectivity index (χ0v) is 21.4. The van der Waals surface area contributed by atoms with E-state index in [1.54, 1.807) is 0 Å². The second-order valence-electron chi connectivity index (χ2n) is 10.1. The van der Waals surface area contributed by atoms with E-state index in [0.717, 1.165) is 52.5 Å². The molecule has 0 N–H and O–H groups in total. The van der Waals surface area contributed by atoms with Crippen LogP contribution < -0.4 is 0 Å². The maximum absolute atomic E-state index is 14.2. The van der Waals surface area contributed by atoms with Crippen LogP contribution in [0.3, 0.4) is 0 Å². The van der Waals surface area contributed by atoms with Gasteiger partial charge in [-0.25, -0.2) is 8.78 Å². The molecular formula is C28H33F4I. The number of hydrogen-bond acceptors (Lipinski definition) is 0. The quantitative estimate of drug-likeness (QED) is 0.184. The smallest absolute Gasteiger partial charge is 0.206 e. The molecule has 2 aromatic rings. The normalized spacial score (nSPS) is 26.4. The summed E-state index contributed by atoms with van der Waals surface area (Å²) in [5.41, 5.74) is 1.00. The van der Waals surface area contributed by atoms with E-state index in [2.05, 4.69) is 6.92 Å². The van der Waals surface area contributed by atoms with Crippen molar-refractivity contribution in [2.75, 3.05) is 0 Å². The summed E-state index contributed by atoms with van der Waals surface area (Å²) in [5, 5.41) is 0. The van der Waals surface area contributed by atoms with Crippen LogP contribution in [0.4, 0.5) is 17.6 Å². The van der Waals surface area contributed by atoms with Crippen LogP contribution in [0.1, 0.15) is 88.2 Å². The first-order valence-electron chi connectivity index (χ1n) is 12.4. The Morgan fingerprint density at radius 2 is 1.30 bits per heavy atom. The van der Waals surface area contributed by atoms with Gasteiger partial charge in [0.15, 0.2) is 0 Å². The molecule has 33 heavy (non-hydrogen) atoms. The second-order valence-corrected chi connectivity index (χ2v) is 11.5. The summed E-state index contributed by atoms with van der Waals surface area (Å²) in [6, 6.07) is 9.78. The van der Waals surface area contributed by atoms with Crippen molar-refractivity contribution in [2.45, 2.75) is 81.0 Å². The number of hydrogen-bond donors (Lipinski definition) is 0. The summed E-state index contributed by atoms with van der Waals surface area (Å²) in [6.45, 7) is 2.29. The first kappa shape index (κ1) is 25.0. The van der Waals surface area contributed by atoms with Crippen LogP contribution in [-0.4, -0.2) is 0 Å².